The number of ketones is 1. The number of aliphatic hydroxyl groups is 1. The van der Waals surface area contributed by atoms with Crippen molar-refractivity contribution in [3.05, 3.63) is 29.8 Å². The van der Waals surface area contributed by atoms with Crippen molar-refractivity contribution < 1.29 is 33.8 Å². The number of aliphatic hydroxyl groups excluding tert-OH is 1. The van der Waals surface area contributed by atoms with Gasteiger partial charge in [0, 0.05) is 12.3 Å². The van der Waals surface area contributed by atoms with Crippen LogP contribution >= 0.6 is 0 Å². The second-order valence-corrected chi connectivity index (χ2v) is 10.9. The third-order valence-electron chi connectivity index (χ3n) is 7.81. The number of nitrogens with two attached hydrogens (primary N) is 1. The van der Waals surface area contributed by atoms with E-state index >= 15 is 0 Å². The molecule has 1 saturated heterocycles. The second-order valence-electron chi connectivity index (χ2n) is 10.9. The molecule has 1 heterocycles. The lowest BCUT2D eigenvalue weighted by Crippen LogP contribution is -2.56. The summed E-state index contributed by atoms with van der Waals surface area (Å²) in [6, 6.07) is 5.31. The van der Waals surface area contributed by atoms with Crippen LogP contribution in [-0.4, -0.2) is 66.1 Å². The Kier molecular flexibility index (Phi) is 9.89. The van der Waals surface area contributed by atoms with Crippen molar-refractivity contribution in [2.24, 2.45) is 23.5 Å². The van der Waals surface area contributed by atoms with Gasteiger partial charge in [-0.05, 0) is 43.9 Å². The van der Waals surface area contributed by atoms with Crippen molar-refractivity contribution in [3.63, 3.8) is 0 Å². The summed E-state index contributed by atoms with van der Waals surface area (Å²) in [5.74, 6) is -3.19. The van der Waals surface area contributed by atoms with E-state index in [9.17, 15) is 24.3 Å². The summed E-state index contributed by atoms with van der Waals surface area (Å²) in [7, 11) is 1.55. The molecule has 1 saturated carbocycles. The van der Waals surface area contributed by atoms with Crippen molar-refractivity contribution in [2.45, 2.75) is 83.1 Å². The van der Waals surface area contributed by atoms with Crippen LogP contribution < -0.4 is 21.1 Å². The topological polar surface area (TPSA) is 160 Å². The van der Waals surface area contributed by atoms with Gasteiger partial charge in [-0.15, -0.1) is 0 Å². The molecule has 1 aromatic carbocycles. The van der Waals surface area contributed by atoms with E-state index in [1.54, 1.807) is 38.3 Å². The predicted molar refractivity (Wildman–Crippen MR) is 140 cm³/mol. The molecule has 1 aliphatic carbocycles. The zero-order valence-corrected chi connectivity index (χ0v) is 22.7. The fraction of sp³-hybridized carbons (Fsp3) is 0.643. The Morgan fingerprint density at radius 1 is 1.08 bits per heavy atom. The number of epoxide rings is 1. The maximum absolute atomic E-state index is 13.6. The van der Waals surface area contributed by atoms with E-state index in [-0.39, 0.29) is 12.2 Å². The first-order valence-electron chi connectivity index (χ1n) is 13.3. The van der Waals surface area contributed by atoms with Crippen molar-refractivity contribution in [1.29, 1.82) is 0 Å². The van der Waals surface area contributed by atoms with Crippen LogP contribution in [0.3, 0.4) is 0 Å². The standard InChI is InChI=1S/C28H41N3O7/c1-16(23(17(2)32)25(29)34)26(35)31-22(14-19-9-11-20(37-4)12-10-19)27(36)30-21(13-18-7-5-6-8-18)24(33)28(3)15-38-28/h9-12,16-18,21-23,32H,5-8,13-15H2,1-4H3,(H2,29,34)(H,30,36)(H,31,35)/t16-,17?,21+,22+,23?,28-/m1/s1. The van der Waals surface area contributed by atoms with Crippen molar-refractivity contribution >= 4 is 23.5 Å². The summed E-state index contributed by atoms with van der Waals surface area (Å²) in [5.41, 5.74) is 5.29. The number of hydrogen-bond acceptors (Lipinski definition) is 7. The average Bonchev–Trinajstić information content (AvgIpc) is 3.41. The fourth-order valence-corrected chi connectivity index (χ4v) is 5.28. The molecule has 2 unspecified atom stereocenters. The van der Waals surface area contributed by atoms with Gasteiger partial charge >= 0.3 is 0 Å². The minimum Gasteiger partial charge on any atom is -0.497 e. The van der Waals surface area contributed by atoms with Gasteiger partial charge in [0.15, 0.2) is 5.78 Å². The minimum absolute atomic E-state index is 0.141. The zero-order chi connectivity index (χ0) is 28.0. The molecule has 3 rings (SSSR count). The molecule has 38 heavy (non-hydrogen) atoms. The number of benzene rings is 1. The van der Waals surface area contributed by atoms with Gasteiger partial charge in [0.1, 0.15) is 17.4 Å². The normalized spacial score (nSPS) is 23.0. The lowest BCUT2D eigenvalue weighted by Gasteiger charge is -2.28. The summed E-state index contributed by atoms with van der Waals surface area (Å²) in [6.07, 6.45) is 3.74. The quantitative estimate of drug-likeness (QED) is 0.263. The maximum Gasteiger partial charge on any atom is 0.243 e. The van der Waals surface area contributed by atoms with E-state index in [1.807, 2.05) is 0 Å². The van der Waals surface area contributed by atoms with E-state index < -0.39 is 53.3 Å². The summed E-state index contributed by atoms with van der Waals surface area (Å²) in [4.78, 5) is 51.9. The molecule has 10 nitrogen and oxygen atoms in total. The molecule has 0 aromatic heterocycles. The van der Waals surface area contributed by atoms with Crippen LogP contribution in [0.1, 0.15) is 58.4 Å². The third-order valence-corrected chi connectivity index (χ3v) is 7.81. The van der Waals surface area contributed by atoms with Crippen LogP contribution in [0.15, 0.2) is 24.3 Å². The molecule has 0 radical (unpaired) electrons. The molecular formula is C28H41N3O7. The number of carbonyl (C=O) groups is 4. The highest BCUT2D eigenvalue weighted by atomic mass is 16.6. The molecule has 6 atom stereocenters. The van der Waals surface area contributed by atoms with Gasteiger partial charge in [-0.2, -0.15) is 0 Å². The SMILES string of the molecule is COc1ccc(C[C@H](NC(=O)[C@H](C)C(C(N)=O)C(C)O)C(=O)N[C@@H](CC2CCCC2)C(=O)[C@@]2(C)CO2)cc1. The molecule has 10 heteroatoms. The highest BCUT2D eigenvalue weighted by Crippen LogP contribution is 2.33. The molecule has 5 N–H and O–H groups in total. The summed E-state index contributed by atoms with van der Waals surface area (Å²) in [6.45, 7) is 4.92. The third kappa shape index (κ3) is 7.54. The fourth-order valence-electron chi connectivity index (χ4n) is 5.28. The van der Waals surface area contributed by atoms with Crippen molar-refractivity contribution in [3.8, 4) is 5.75 Å². The molecule has 1 aliphatic heterocycles. The van der Waals surface area contributed by atoms with E-state index in [2.05, 4.69) is 10.6 Å². The predicted octanol–water partition coefficient (Wildman–Crippen LogP) is 1.26. The van der Waals surface area contributed by atoms with Gasteiger partial charge in [-0.25, -0.2) is 0 Å². The highest BCUT2D eigenvalue weighted by molar-refractivity contribution is 5.98. The van der Waals surface area contributed by atoms with E-state index in [4.69, 9.17) is 15.2 Å². The first-order chi connectivity index (χ1) is 17.9. The second kappa shape index (κ2) is 12.7. The van der Waals surface area contributed by atoms with Gasteiger partial charge in [-0.3, -0.25) is 19.2 Å². The van der Waals surface area contributed by atoms with Crippen LogP contribution in [0.5, 0.6) is 5.75 Å². The number of carbonyl (C=O) groups excluding carboxylic acids is 4. The molecule has 0 bridgehead atoms. The van der Waals surface area contributed by atoms with Crippen LogP contribution in [0.4, 0.5) is 0 Å². The number of hydrogen-bond donors (Lipinski definition) is 4. The first kappa shape index (κ1) is 29.6. The number of rotatable bonds is 14. The van der Waals surface area contributed by atoms with Crippen LogP contribution in [-0.2, 0) is 30.3 Å². The summed E-state index contributed by atoms with van der Waals surface area (Å²) >= 11 is 0. The molecule has 210 valence electrons. The van der Waals surface area contributed by atoms with Gasteiger partial charge < -0.3 is 30.9 Å². The van der Waals surface area contributed by atoms with E-state index in [0.717, 1.165) is 31.2 Å². The van der Waals surface area contributed by atoms with Crippen molar-refractivity contribution in [1.82, 2.24) is 10.6 Å². The molecule has 1 aromatic rings. The number of Topliss-reactive ketones (excluding diaryl/α,β-unsaturated/α-hetero) is 1. The Balaban J connectivity index is 1.81. The first-order valence-corrected chi connectivity index (χ1v) is 13.3. The molecule has 0 spiro atoms. The highest BCUT2D eigenvalue weighted by Gasteiger charge is 2.50. The van der Waals surface area contributed by atoms with E-state index in [0.29, 0.717) is 24.7 Å². The molecular weight excluding hydrogens is 490 g/mol. The van der Waals surface area contributed by atoms with E-state index in [1.165, 1.54) is 13.8 Å². The minimum atomic E-state index is -1.14. The Morgan fingerprint density at radius 3 is 2.16 bits per heavy atom. The number of methoxy groups -OCH3 is 1. The Morgan fingerprint density at radius 2 is 1.66 bits per heavy atom. The summed E-state index contributed by atoms with van der Waals surface area (Å²) in [5, 5.41) is 15.6. The average molecular weight is 532 g/mol. The smallest absolute Gasteiger partial charge is 0.243 e. The van der Waals surface area contributed by atoms with Gasteiger partial charge in [0.2, 0.25) is 17.7 Å². The van der Waals surface area contributed by atoms with Gasteiger partial charge in [0.25, 0.3) is 0 Å². The van der Waals surface area contributed by atoms with Crippen LogP contribution in [0.25, 0.3) is 0 Å². The maximum atomic E-state index is 13.6. The molecule has 2 fully saturated rings. The molecule has 3 amide bonds. The Bertz CT molecular complexity index is 1000. The Hall–Kier alpha value is -2.98. The number of primary amides is 1. The lowest BCUT2D eigenvalue weighted by atomic mass is 9.87. The lowest BCUT2D eigenvalue weighted by molar-refractivity contribution is -0.138. The van der Waals surface area contributed by atoms with Crippen LogP contribution in [0.2, 0.25) is 0 Å². The number of nitrogens with one attached hydrogen (secondary N) is 2. The zero-order valence-electron chi connectivity index (χ0n) is 22.7. The Labute approximate surface area is 224 Å². The monoisotopic (exact) mass is 531 g/mol. The van der Waals surface area contributed by atoms with Crippen LogP contribution in [0, 0.1) is 17.8 Å². The van der Waals surface area contributed by atoms with Crippen molar-refractivity contribution in [2.75, 3.05) is 13.7 Å². The number of ether oxygens (including phenoxy) is 2. The van der Waals surface area contributed by atoms with Gasteiger partial charge in [-0.1, -0.05) is 44.7 Å². The summed E-state index contributed by atoms with van der Waals surface area (Å²) < 4.78 is 10.6. The van der Waals surface area contributed by atoms with Gasteiger partial charge in [0.05, 0.1) is 31.8 Å². The molecule has 2 aliphatic rings. The number of amides is 3. The largest absolute Gasteiger partial charge is 0.497 e.